The van der Waals surface area contributed by atoms with Crippen LogP contribution in [0.5, 0.6) is 0 Å². The number of carbonyl (C=O) groups excluding carboxylic acids is 1. The first-order valence-electron chi connectivity index (χ1n) is 4.82. The van der Waals surface area contributed by atoms with E-state index in [9.17, 15) is 4.79 Å². The molecule has 0 aromatic carbocycles. The summed E-state index contributed by atoms with van der Waals surface area (Å²) in [7, 11) is 0. The van der Waals surface area contributed by atoms with E-state index in [1.54, 1.807) is 11.3 Å². The molecule has 0 bridgehead atoms. The van der Waals surface area contributed by atoms with Crippen LogP contribution in [0.3, 0.4) is 0 Å². The summed E-state index contributed by atoms with van der Waals surface area (Å²) in [5, 5.41) is 5.86. The Labute approximate surface area is 116 Å². The number of hydrogen-bond acceptors (Lipinski definition) is 2. The second-order valence-electron chi connectivity index (χ2n) is 3.15. The van der Waals surface area contributed by atoms with Gasteiger partial charge in [-0.3, -0.25) is 4.79 Å². The van der Waals surface area contributed by atoms with Gasteiger partial charge in [-0.05, 0) is 41.5 Å². The van der Waals surface area contributed by atoms with Crippen LogP contribution in [-0.2, 0) is 0 Å². The van der Waals surface area contributed by atoms with Gasteiger partial charge in [-0.1, -0.05) is 22.4 Å². The molecule has 1 amide bonds. The number of carbonyl (C=O) groups is 1. The fourth-order valence-electron chi connectivity index (χ4n) is 1.13. The van der Waals surface area contributed by atoms with Crippen molar-refractivity contribution in [2.24, 2.45) is 0 Å². The van der Waals surface area contributed by atoms with Crippen LogP contribution in [0.2, 0.25) is 0 Å². The zero-order valence-corrected chi connectivity index (χ0v) is 12.8. The van der Waals surface area contributed by atoms with Gasteiger partial charge in [-0.25, -0.2) is 0 Å². The SMILES string of the molecule is O=C(NCCCCCBr)c1csc(I)c1. The van der Waals surface area contributed by atoms with Gasteiger partial charge in [0, 0.05) is 17.3 Å². The molecule has 0 saturated carbocycles. The summed E-state index contributed by atoms with van der Waals surface area (Å²) in [6, 6.07) is 1.92. The molecule has 1 rings (SSSR count). The van der Waals surface area contributed by atoms with Crippen LogP contribution >= 0.6 is 49.9 Å². The second kappa shape index (κ2) is 7.62. The first kappa shape index (κ1) is 13.4. The van der Waals surface area contributed by atoms with Crippen LogP contribution in [0.25, 0.3) is 0 Å². The van der Waals surface area contributed by atoms with E-state index in [4.69, 9.17) is 0 Å². The summed E-state index contributed by atoms with van der Waals surface area (Å²) in [6.07, 6.45) is 3.39. The lowest BCUT2D eigenvalue weighted by atomic mass is 10.2. The smallest absolute Gasteiger partial charge is 0.252 e. The number of nitrogens with one attached hydrogen (secondary N) is 1. The highest BCUT2D eigenvalue weighted by Gasteiger charge is 2.06. The van der Waals surface area contributed by atoms with Crippen molar-refractivity contribution in [1.29, 1.82) is 0 Å². The molecule has 0 radical (unpaired) electrons. The first-order valence-corrected chi connectivity index (χ1v) is 7.90. The molecular weight excluding hydrogens is 389 g/mol. The van der Waals surface area contributed by atoms with Gasteiger partial charge >= 0.3 is 0 Å². The Morgan fingerprint density at radius 1 is 1.47 bits per heavy atom. The largest absolute Gasteiger partial charge is 0.352 e. The monoisotopic (exact) mass is 401 g/mol. The second-order valence-corrected chi connectivity index (χ2v) is 6.74. The van der Waals surface area contributed by atoms with Gasteiger partial charge in [0.2, 0.25) is 0 Å². The summed E-state index contributed by atoms with van der Waals surface area (Å²) in [4.78, 5) is 11.6. The lowest BCUT2D eigenvalue weighted by Gasteiger charge is -2.02. The third-order valence-corrected chi connectivity index (χ3v) is 4.28. The normalized spacial score (nSPS) is 10.3. The minimum absolute atomic E-state index is 0.0491. The van der Waals surface area contributed by atoms with Gasteiger partial charge in [-0.15, -0.1) is 11.3 Å². The molecule has 84 valence electrons. The van der Waals surface area contributed by atoms with E-state index in [1.807, 2.05) is 11.4 Å². The molecule has 15 heavy (non-hydrogen) atoms. The third-order valence-electron chi connectivity index (χ3n) is 1.93. The van der Waals surface area contributed by atoms with Crippen LogP contribution in [0.15, 0.2) is 11.4 Å². The Bertz CT molecular complexity index is 316. The maximum Gasteiger partial charge on any atom is 0.252 e. The van der Waals surface area contributed by atoms with Crippen LogP contribution in [-0.4, -0.2) is 17.8 Å². The summed E-state index contributed by atoms with van der Waals surface area (Å²) in [5.74, 6) is 0.0491. The van der Waals surface area contributed by atoms with Crippen LogP contribution < -0.4 is 5.32 Å². The molecule has 0 aliphatic heterocycles. The van der Waals surface area contributed by atoms with Crippen LogP contribution in [0.4, 0.5) is 0 Å². The van der Waals surface area contributed by atoms with E-state index < -0.39 is 0 Å². The van der Waals surface area contributed by atoms with Crippen molar-refractivity contribution in [3.05, 3.63) is 19.9 Å². The van der Waals surface area contributed by atoms with Gasteiger partial charge in [0.05, 0.1) is 8.45 Å². The number of halogens is 2. The average Bonchev–Trinajstić information content (AvgIpc) is 2.64. The van der Waals surface area contributed by atoms with Crippen LogP contribution in [0, 0.1) is 2.88 Å². The van der Waals surface area contributed by atoms with Crippen LogP contribution in [0.1, 0.15) is 29.6 Å². The molecule has 0 unspecified atom stereocenters. The van der Waals surface area contributed by atoms with Gasteiger partial charge in [0.15, 0.2) is 0 Å². The maximum absolute atomic E-state index is 11.6. The highest BCUT2D eigenvalue weighted by molar-refractivity contribution is 14.1. The molecule has 0 aliphatic carbocycles. The topological polar surface area (TPSA) is 29.1 Å². The molecular formula is C10H13BrINOS. The van der Waals surface area contributed by atoms with E-state index in [0.717, 1.165) is 33.2 Å². The van der Waals surface area contributed by atoms with Gasteiger partial charge in [0.25, 0.3) is 5.91 Å². The van der Waals surface area contributed by atoms with Crippen molar-refractivity contribution in [3.63, 3.8) is 0 Å². The molecule has 1 heterocycles. The lowest BCUT2D eigenvalue weighted by molar-refractivity contribution is 0.0953. The molecule has 1 aromatic heterocycles. The fourth-order valence-corrected chi connectivity index (χ4v) is 2.85. The van der Waals surface area contributed by atoms with E-state index >= 15 is 0 Å². The van der Waals surface area contributed by atoms with Crippen molar-refractivity contribution >= 4 is 55.8 Å². The van der Waals surface area contributed by atoms with Crippen molar-refractivity contribution in [2.75, 3.05) is 11.9 Å². The fraction of sp³-hybridized carbons (Fsp3) is 0.500. The molecule has 0 atom stereocenters. The molecule has 0 aliphatic rings. The highest BCUT2D eigenvalue weighted by Crippen LogP contribution is 2.16. The minimum atomic E-state index is 0.0491. The Hall–Kier alpha value is 0.380. The number of hydrogen-bond donors (Lipinski definition) is 1. The summed E-state index contributed by atoms with van der Waals surface area (Å²) in [6.45, 7) is 0.776. The summed E-state index contributed by atoms with van der Waals surface area (Å²) in [5.41, 5.74) is 0.782. The van der Waals surface area contributed by atoms with Crippen molar-refractivity contribution in [3.8, 4) is 0 Å². The van der Waals surface area contributed by atoms with Gasteiger partial charge < -0.3 is 5.32 Å². The predicted molar refractivity (Wildman–Crippen MR) is 77.0 cm³/mol. The number of unbranched alkanes of at least 4 members (excludes halogenated alkanes) is 2. The zero-order valence-electron chi connectivity index (χ0n) is 8.26. The Kier molecular flexibility index (Phi) is 6.83. The van der Waals surface area contributed by atoms with E-state index in [1.165, 1.54) is 6.42 Å². The number of alkyl halides is 1. The quantitative estimate of drug-likeness (QED) is 0.440. The van der Waals surface area contributed by atoms with Crippen molar-refractivity contribution in [1.82, 2.24) is 5.32 Å². The number of amides is 1. The first-order chi connectivity index (χ1) is 7.24. The zero-order chi connectivity index (χ0) is 11.1. The number of thiophene rings is 1. The Balaban J connectivity index is 2.19. The maximum atomic E-state index is 11.6. The average molecular weight is 402 g/mol. The summed E-state index contributed by atoms with van der Waals surface area (Å²) < 4.78 is 1.15. The van der Waals surface area contributed by atoms with Crippen molar-refractivity contribution in [2.45, 2.75) is 19.3 Å². The van der Waals surface area contributed by atoms with E-state index in [0.29, 0.717) is 0 Å². The minimum Gasteiger partial charge on any atom is -0.352 e. The molecule has 2 nitrogen and oxygen atoms in total. The van der Waals surface area contributed by atoms with Gasteiger partial charge in [-0.2, -0.15) is 0 Å². The summed E-state index contributed by atoms with van der Waals surface area (Å²) >= 11 is 7.21. The number of rotatable bonds is 6. The third kappa shape index (κ3) is 5.31. The van der Waals surface area contributed by atoms with Crippen molar-refractivity contribution < 1.29 is 4.79 Å². The van der Waals surface area contributed by atoms with Gasteiger partial charge in [0.1, 0.15) is 0 Å². The molecule has 1 N–H and O–H groups in total. The Morgan fingerprint density at radius 3 is 2.87 bits per heavy atom. The Morgan fingerprint density at radius 2 is 2.27 bits per heavy atom. The van der Waals surface area contributed by atoms with E-state index in [2.05, 4.69) is 43.8 Å². The highest BCUT2D eigenvalue weighted by atomic mass is 127. The molecule has 0 spiro atoms. The predicted octanol–water partition coefficient (Wildman–Crippen LogP) is 3.65. The molecule has 0 saturated heterocycles. The molecule has 0 fully saturated rings. The standard InChI is InChI=1S/C10H13BrINOS/c11-4-2-1-3-5-13-10(14)8-6-9(12)15-7-8/h6-7H,1-5H2,(H,13,14). The molecule has 5 heteroatoms. The lowest BCUT2D eigenvalue weighted by Crippen LogP contribution is -2.23. The van der Waals surface area contributed by atoms with E-state index in [-0.39, 0.29) is 5.91 Å². The molecule has 1 aromatic rings.